The largest absolute Gasteiger partial charge is 0.481 e. The van der Waals surface area contributed by atoms with Crippen molar-refractivity contribution in [3.63, 3.8) is 0 Å². The van der Waals surface area contributed by atoms with E-state index in [4.69, 9.17) is 45.3 Å². The zero-order valence-corrected chi connectivity index (χ0v) is 16.7. The molecule has 0 unspecified atom stereocenters. The monoisotopic (exact) mass is 439 g/mol. The minimum absolute atomic E-state index is 0.309. The molecule has 0 radical (unpaired) electrons. The van der Waals surface area contributed by atoms with E-state index in [1.54, 1.807) is 48.5 Å². The third kappa shape index (κ3) is 4.44. The van der Waals surface area contributed by atoms with E-state index in [2.05, 4.69) is 0 Å². The van der Waals surface area contributed by atoms with Gasteiger partial charge in [-0.15, -0.1) is 0 Å². The fourth-order valence-corrected chi connectivity index (χ4v) is 3.91. The first-order valence-corrected chi connectivity index (χ1v) is 9.51. The Balaban J connectivity index is 1.91. The molecular formula is C18H11Cl2NO4S2. The van der Waals surface area contributed by atoms with Crippen molar-refractivity contribution in [2.24, 2.45) is 0 Å². The number of halogens is 2. The molecule has 1 heterocycles. The van der Waals surface area contributed by atoms with Gasteiger partial charge >= 0.3 is 5.97 Å². The van der Waals surface area contributed by atoms with Crippen LogP contribution in [0.1, 0.15) is 5.56 Å². The highest BCUT2D eigenvalue weighted by atomic mass is 35.5. The Bertz CT molecular complexity index is 978. The second kappa shape index (κ2) is 8.31. The van der Waals surface area contributed by atoms with Crippen molar-refractivity contribution in [2.45, 2.75) is 0 Å². The number of thioether (sulfide) groups is 1. The normalized spacial score (nSPS) is 15.5. The standard InChI is InChI=1S/C18H11Cl2NO4S2/c19-12-6-5-11(8-13(12)20)21-17(24)15(27-18(21)26)7-10-3-1-2-4-14(10)25-9-16(22)23/h1-8H,9H2,(H,22,23)/b15-7-. The molecule has 2 aromatic carbocycles. The fraction of sp³-hybridized carbons (Fsp3) is 0.0556. The van der Waals surface area contributed by atoms with Crippen LogP contribution < -0.4 is 9.64 Å². The number of hydrogen-bond donors (Lipinski definition) is 1. The predicted molar refractivity (Wildman–Crippen MR) is 112 cm³/mol. The number of carbonyl (C=O) groups excluding carboxylic acids is 1. The van der Waals surface area contributed by atoms with Gasteiger partial charge in [-0.3, -0.25) is 9.69 Å². The highest BCUT2D eigenvalue weighted by molar-refractivity contribution is 8.27. The van der Waals surface area contributed by atoms with Crippen molar-refractivity contribution in [3.8, 4) is 5.75 Å². The SMILES string of the molecule is O=C(O)COc1ccccc1/C=C1\SC(=S)N(c2ccc(Cl)c(Cl)c2)C1=O. The molecule has 0 spiro atoms. The Morgan fingerprint density at radius 2 is 1.96 bits per heavy atom. The average molecular weight is 440 g/mol. The molecule has 1 aliphatic heterocycles. The molecule has 1 aliphatic rings. The second-order valence-electron chi connectivity index (χ2n) is 5.34. The van der Waals surface area contributed by atoms with Crippen molar-refractivity contribution >= 4 is 75.1 Å². The Labute approximate surface area is 174 Å². The van der Waals surface area contributed by atoms with Crippen LogP contribution in [0.5, 0.6) is 5.75 Å². The van der Waals surface area contributed by atoms with E-state index in [9.17, 15) is 9.59 Å². The summed E-state index contributed by atoms with van der Waals surface area (Å²) in [5.41, 5.74) is 1.10. The van der Waals surface area contributed by atoms with Crippen LogP contribution in [-0.2, 0) is 9.59 Å². The van der Waals surface area contributed by atoms with E-state index in [0.717, 1.165) is 11.8 Å². The molecule has 3 rings (SSSR count). The highest BCUT2D eigenvalue weighted by Gasteiger charge is 2.33. The lowest BCUT2D eigenvalue weighted by atomic mass is 10.2. The molecule has 27 heavy (non-hydrogen) atoms. The van der Waals surface area contributed by atoms with Gasteiger partial charge in [0.2, 0.25) is 0 Å². The van der Waals surface area contributed by atoms with E-state index in [1.165, 1.54) is 4.90 Å². The van der Waals surface area contributed by atoms with Crippen molar-refractivity contribution in [3.05, 3.63) is 63.0 Å². The molecule has 0 atom stereocenters. The summed E-state index contributed by atoms with van der Waals surface area (Å²) in [6.07, 6.45) is 1.62. The van der Waals surface area contributed by atoms with E-state index in [0.29, 0.717) is 36.3 Å². The molecule has 1 saturated heterocycles. The number of rotatable bonds is 5. The van der Waals surface area contributed by atoms with Crippen LogP contribution >= 0.6 is 47.2 Å². The van der Waals surface area contributed by atoms with Gasteiger partial charge in [-0.05, 0) is 30.3 Å². The lowest BCUT2D eigenvalue weighted by molar-refractivity contribution is -0.139. The number of aliphatic carboxylic acids is 1. The van der Waals surface area contributed by atoms with E-state index >= 15 is 0 Å². The summed E-state index contributed by atoms with van der Waals surface area (Å²) >= 11 is 18.4. The number of para-hydroxylation sites is 1. The molecule has 0 bridgehead atoms. The molecule has 0 aromatic heterocycles. The van der Waals surface area contributed by atoms with Gasteiger partial charge in [0.15, 0.2) is 10.9 Å². The Morgan fingerprint density at radius 1 is 1.22 bits per heavy atom. The van der Waals surface area contributed by atoms with Gasteiger partial charge < -0.3 is 9.84 Å². The molecule has 5 nitrogen and oxygen atoms in total. The zero-order chi connectivity index (χ0) is 19.6. The maximum atomic E-state index is 12.8. The van der Waals surface area contributed by atoms with Gasteiger partial charge in [-0.25, -0.2) is 4.79 Å². The first-order valence-electron chi connectivity index (χ1n) is 7.53. The summed E-state index contributed by atoms with van der Waals surface area (Å²) in [6.45, 7) is -0.477. The number of nitrogens with zero attached hydrogens (tertiary/aromatic N) is 1. The van der Waals surface area contributed by atoms with Crippen LogP contribution in [0.25, 0.3) is 6.08 Å². The number of carboxylic acids is 1. The minimum Gasteiger partial charge on any atom is -0.481 e. The number of benzene rings is 2. The van der Waals surface area contributed by atoms with Crippen LogP contribution in [0.2, 0.25) is 10.0 Å². The van der Waals surface area contributed by atoms with Crippen LogP contribution in [0.4, 0.5) is 5.69 Å². The molecule has 2 aromatic rings. The summed E-state index contributed by atoms with van der Waals surface area (Å²) < 4.78 is 5.62. The van der Waals surface area contributed by atoms with Gasteiger partial charge in [-0.1, -0.05) is 65.4 Å². The Hall–Kier alpha value is -2.06. The summed E-state index contributed by atoms with van der Waals surface area (Å²) in [5, 5.41) is 9.49. The van der Waals surface area contributed by atoms with Crippen molar-refractivity contribution < 1.29 is 19.4 Å². The summed E-state index contributed by atoms with van der Waals surface area (Å²) in [4.78, 5) is 25.3. The van der Waals surface area contributed by atoms with E-state index < -0.39 is 12.6 Å². The minimum atomic E-state index is -1.09. The zero-order valence-electron chi connectivity index (χ0n) is 13.5. The number of hydrogen-bond acceptors (Lipinski definition) is 5. The molecule has 9 heteroatoms. The number of thiocarbonyl (C=S) groups is 1. The third-order valence-electron chi connectivity index (χ3n) is 3.51. The maximum absolute atomic E-state index is 12.8. The fourth-order valence-electron chi connectivity index (χ4n) is 2.33. The second-order valence-corrected chi connectivity index (χ2v) is 7.83. The number of ether oxygens (including phenoxy) is 1. The highest BCUT2D eigenvalue weighted by Crippen LogP contribution is 2.38. The van der Waals surface area contributed by atoms with E-state index in [-0.39, 0.29) is 5.91 Å². The molecule has 1 fully saturated rings. The quantitative estimate of drug-likeness (QED) is 0.529. The number of carbonyl (C=O) groups is 2. The van der Waals surface area contributed by atoms with Gasteiger partial charge in [0, 0.05) is 5.56 Å². The summed E-state index contributed by atoms with van der Waals surface area (Å²) in [6, 6.07) is 11.7. The molecule has 0 saturated carbocycles. The molecular weight excluding hydrogens is 429 g/mol. The summed E-state index contributed by atoms with van der Waals surface area (Å²) in [5.74, 6) is -1.04. The number of anilines is 1. The van der Waals surface area contributed by atoms with Crippen molar-refractivity contribution in [1.29, 1.82) is 0 Å². The first kappa shape index (κ1) is 19.7. The Kier molecular flexibility index (Phi) is 6.06. The first-order chi connectivity index (χ1) is 12.9. The lowest BCUT2D eigenvalue weighted by Gasteiger charge is -2.15. The third-order valence-corrected chi connectivity index (χ3v) is 5.55. The molecule has 1 N–H and O–H groups in total. The smallest absolute Gasteiger partial charge is 0.341 e. The molecule has 1 amide bonds. The van der Waals surface area contributed by atoms with Crippen molar-refractivity contribution in [2.75, 3.05) is 11.5 Å². The predicted octanol–water partition coefficient (Wildman–Crippen LogP) is 4.86. The van der Waals surface area contributed by atoms with Gasteiger partial charge in [-0.2, -0.15) is 0 Å². The van der Waals surface area contributed by atoms with Gasteiger partial charge in [0.25, 0.3) is 5.91 Å². The Morgan fingerprint density at radius 3 is 2.67 bits per heavy atom. The summed E-state index contributed by atoms with van der Waals surface area (Å²) in [7, 11) is 0. The van der Waals surface area contributed by atoms with Crippen LogP contribution in [0, 0.1) is 0 Å². The maximum Gasteiger partial charge on any atom is 0.341 e. The van der Waals surface area contributed by atoms with Crippen LogP contribution in [-0.4, -0.2) is 27.9 Å². The molecule has 138 valence electrons. The average Bonchev–Trinajstić information content (AvgIpc) is 2.90. The van der Waals surface area contributed by atoms with Crippen LogP contribution in [0.15, 0.2) is 47.4 Å². The van der Waals surface area contributed by atoms with Gasteiger partial charge in [0.1, 0.15) is 5.75 Å². The van der Waals surface area contributed by atoms with Crippen molar-refractivity contribution in [1.82, 2.24) is 0 Å². The topological polar surface area (TPSA) is 66.8 Å². The number of carboxylic acid groups (broad SMARTS) is 1. The van der Waals surface area contributed by atoms with Gasteiger partial charge in [0.05, 0.1) is 20.6 Å². The lowest BCUT2D eigenvalue weighted by Crippen LogP contribution is -2.27. The van der Waals surface area contributed by atoms with Crippen LogP contribution in [0.3, 0.4) is 0 Å². The number of amides is 1. The van der Waals surface area contributed by atoms with E-state index in [1.807, 2.05) is 0 Å². The molecule has 0 aliphatic carbocycles.